The summed E-state index contributed by atoms with van der Waals surface area (Å²) in [6.45, 7) is 2.58. The van der Waals surface area contributed by atoms with E-state index >= 15 is 0 Å². The van der Waals surface area contributed by atoms with Crippen molar-refractivity contribution in [2.75, 3.05) is 6.54 Å². The molecule has 2 amide bonds. The first kappa shape index (κ1) is 18.7. The van der Waals surface area contributed by atoms with Gasteiger partial charge in [0, 0.05) is 32.0 Å². The van der Waals surface area contributed by atoms with E-state index in [2.05, 4.69) is 37.4 Å². The fourth-order valence-electron chi connectivity index (χ4n) is 3.33. The van der Waals surface area contributed by atoms with Crippen molar-refractivity contribution in [1.82, 2.24) is 30.0 Å². The fourth-order valence-corrected chi connectivity index (χ4v) is 3.33. The third-order valence-corrected chi connectivity index (χ3v) is 4.84. The van der Waals surface area contributed by atoms with E-state index in [1.54, 1.807) is 6.20 Å². The normalized spacial score (nSPS) is 10.9. The van der Waals surface area contributed by atoms with Crippen molar-refractivity contribution < 1.29 is 4.79 Å². The van der Waals surface area contributed by atoms with Crippen molar-refractivity contribution in [3.05, 3.63) is 84.4 Å². The zero-order valence-corrected chi connectivity index (χ0v) is 16.2. The van der Waals surface area contributed by atoms with E-state index in [-0.39, 0.29) is 6.03 Å². The zero-order chi connectivity index (χ0) is 19.9. The molecule has 0 unspecified atom stereocenters. The SMILES string of the molecule is O=C(NCCCn1cnc2ccccc21)NCc1ccccc1Cn1cccn1. The Morgan fingerprint density at radius 1 is 0.966 bits per heavy atom. The van der Waals surface area contributed by atoms with E-state index < -0.39 is 0 Å². The van der Waals surface area contributed by atoms with Crippen molar-refractivity contribution in [3.63, 3.8) is 0 Å². The van der Waals surface area contributed by atoms with Crippen LogP contribution in [0, 0.1) is 0 Å². The summed E-state index contributed by atoms with van der Waals surface area (Å²) in [6, 6.07) is 17.9. The van der Waals surface area contributed by atoms with Crippen LogP contribution in [0.3, 0.4) is 0 Å². The molecule has 0 saturated heterocycles. The molecule has 0 aliphatic heterocycles. The number of urea groups is 1. The molecule has 29 heavy (non-hydrogen) atoms. The number of benzene rings is 2. The first-order valence-electron chi connectivity index (χ1n) is 9.75. The van der Waals surface area contributed by atoms with Gasteiger partial charge in [0.2, 0.25) is 0 Å². The van der Waals surface area contributed by atoms with Crippen LogP contribution in [0.4, 0.5) is 4.79 Å². The standard InChI is InChI=1S/C22H24N6O/c29-22(23-11-5-13-27-17-25-20-9-3-4-10-21(20)27)24-15-18-7-1-2-8-19(18)16-28-14-6-12-26-28/h1-4,6-10,12,14,17H,5,11,13,15-16H2,(H2,23,24,29). The van der Waals surface area contributed by atoms with Gasteiger partial charge < -0.3 is 15.2 Å². The molecule has 0 radical (unpaired) electrons. The summed E-state index contributed by atoms with van der Waals surface area (Å²) in [5, 5.41) is 10.1. The molecule has 0 atom stereocenters. The number of para-hydroxylation sites is 2. The summed E-state index contributed by atoms with van der Waals surface area (Å²) in [6.07, 6.45) is 6.38. The summed E-state index contributed by atoms with van der Waals surface area (Å²) in [5.74, 6) is 0. The quantitative estimate of drug-likeness (QED) is 0.455. The maximum Gasteiger partial charge on any atom is 0.315 e. The first-order chi connectivity index (χ1) is 14.3. The van der Waals surface area contributed by atoms with E-state index in [1.807, 2.05) is 59.7 Å². The molecule has 7 nitrogen and oxygen atoms in total. The number of aromatic nitrogens is 4. The molecule has 0 fully saturated rings. The first-order valence-corrected chi connectivity index (χ1v) is 9.75. The summed E-state index contributed by atoms with van der Waals surface area (Å²) in [7, 11) is 0. The third kappa shape index (κ3) is 4.82. The molecule has 7 heteroatoms. The molecule has 4 rings (SSSR count). The van der Waals surface area contributed by atoms with Crippen LogP contribution in [0.15, 0.2) is 73.3 Å². The highest BCUT2D eigenvalue weighted by Gasteiger charge is 2.06. The van der Waals surface area contributed by atoms with E-state index in [9.17, 15) is 4.79 Å². The van der Waals surface area contributed by atoms with Crippen LogP contribution in [0.1, 0.15) is 17.5 Å². The second kappa shape index (κ2) is 9.05. The highest BCUT2D eigenvalue weighted by Crippen LogP contribution is 2.12. The smallest absolute Gasteiger partial charge is 0.315 e. The minimum Gasteiger partial charge on any atom is -0.338 e. The van der Waals surface area contributed by atoms with Crippen LogP contribution in [-0.2, 0) is 19.6 Å². The van der Waals surface area contributed by atoms with E-state index in [0.717, 1.165) is 35.1 Å². The number of carbonyl (C=O) groups is 1. The number of hydrogen-bond acceptors (Lipinski definition) is 3. The van der Waals surface area contributed by atoms with Crippen molar-refractivity contribution in [2.24, 2.45) is 0 Å². The van der Waals surface area contributed by atoms with Crippen LogP contribution < -0.4 is 10.6 Å². The van der Waals surface area contributed by atoms with Gasteiger partial charge in [0.05, 0.1) is 23.9 Å². The summed E-state index contributed by atoms with van der Waals surface area (Å²) in [5.41, 5.74) is 4.34. The number of nitrogens with zero attached hydrogens (tertiary/aromatic N) is 4. The number of imidazole rings is 1. The largest absolute Gasteiger partial charge is 0.338 e. The van der Waals surface area contributed by atoms with Gasteiger partial charge in [-0.1, -0.05) is 36.4 Å². The molecular formula is C22H24N6O. The monoisotopic (exact) mass is 388 g/mol. The van der Waals surface area contributed by atoms with E-state index in [0.29, 0.717) is 19.6 Å². The predicted octanol–water partition coefficient (Wildman–Crippen LogP) is 3.17. The fraction of sp³-hybridized carbons (Fsp3) is 0.227. The Kier molecular flexibility index (Phi) is 5.85. The number of amides is 2. The molecule has 0 bridgehead atoms. The number of rotatable bonds is 8. The molecular weight excluding hydrogens is 364 g/mol. The Labute approximate surface area is 169 Å². The maximum absolute atomic E-state index is 12.2. The summed E-state index contributed by atoms with van der Waals surface area (Å²) >= 11 is 0. The molecule has 0 aliphatic carbocycles. The van der Waals surface area contributed by atoms with Gasteiger partial charge in [-0.15, -0.1) is 0 Å². The molecule has 0 aliphatic rings. The lowest BCUT2D eigenvalue weighted by Gasteiger charge is -2.12. The minimum absolute atomic E-state index is 0.158. The van der Waals surface area contributed by atoms with Crippen molar-refractivity contribution in [1.29, 1.82) is 0 Å². The Morgan fingerprint density at radius 3 is 2.66 bits per heavy atom. The highest BCUT2D eigenvalue weighted by atomic mass is 16.2. The minimum atomic E-state index is -0.158. The number of fused-ring (bicyclic) bond motifs is 1. The molecule has 148 valence electrons. The van der Waals surface area contributed by atoms with E-state index in [4.69, 9.17) is 0 Å². The number of carbonyl (C=O) groups excluding carboxylic acids is 1. The third-order valence-electron chi connectivity index (χ3n) is 4.84. The van der Waals surface area contributed by atoms with Crippen LogP contribution in [0.25, 0.3) is 11.0 Å². The van der Waals surface area contributed by atoms with Gasteiger partial charge in [0.25, 0.3) is 0 Å². The van der Waals surface area contributed by atoms with E-state index in [1.165, 1.54) is 0 Å². The van der Waals surface area contributed by atoms with Crippen molar-refractivity contribution in [3.8, 4) is 0 Å². The average Bonchev–Trinajstić information content (AvgIpc) is 3.40. The Balaban J connectivity index is 1.22. The van der Waals surface area contributed by atoms with Crippen LogP contribution in [0.2, 0.25) is 0 Å². The highest BCUT2D eigenvalue weighted by molar-refractivity contribution is 5.75. The Morgan fingerprint density at radius 2 is 1.79 bits per heavy atom. The second-order valence-corrected chi connectivity index (χ2v) is 6.86. The summed E-state index contributed by atoms with van der Waals surface area (Å²) in [4.78, 5) is 16.5. The van der Waals surface area contributed by atoms with Crippen LogP contribution >= 0.6 is 0 Å². The number of aryl methyl sites for hydroxylation is 1. The topological polar surface area (TPSA) is 76.8 Å². The lowest BCUT2D eigenvalue weighted by Crippen LogP contribution is -2.36. The van der Waals surface area contributed by atoms with Gasteiger partial charge in [0.15, 0.2) is 0 Å². The lowest BCUT2D eigenvalue weighted by atomic mass is 10.1. The molecule has 0 spiro atoms. The van der Waals surface area contributed by atoms with Gasteiger partial charge in [-0.3, -0.25) is 4.68 Å². The molecule has 2 N–H and O–H groups in total. The number of nitrogens with one attached hydrogen (secondary N) is 2. The predicted molar refractivity (Wildman–Crippen MR) is 112 cm³/mol. The maximum atomic E-state index is 12.2. The molecule has 2 aromatic carbocycles. The van der Waals surface area contributed by atoms with Crippen LogP contribution in [0.5, 0.6) is 0 Å². The Bertz CT molecular complexity index is 1070. The van der Waals surface area contributed by atoms with Crippen LogP contribution in [-0.4, -0.2) is 31.9 Å². The molecule has 2 heterocycles. The number of hydrogen-bond donors (Lipinski definition) is 2. The van der Waals surface area contributed by atoms with Gasteiger partial charge in [-0.05, 0) is 35.7 Å². The lowest BCUT2D eigenvalue weighted by molar-refractivity contribution is 0.240. The van der Waals surface area contributed by atoms with Crippen molar-refractivity contribution >= 4 is 17.1 Å². The van der Waals surface area contributed by atoms with Crippen molar-refractivity contribution in [2.45, 2.75) is 26.1 Å². The van der Waals surface area contributed by atoms with Gasteiger partial charge in [-0.2, -0.15) is 5.10 Å². The second-order valence-electron chi connectivity index (χ2n) is 6.86. The summed E-state index contributed by atoms with van der Waals surface area (Å²) < 4.78 is 3.99. The molecule has 4 aromatic rings. The Hall–Kier alpha value is -3.61. The van der Waals surface area contributed by atoms with Gasteiger partial charge in [-0.25, -0.2) is 9.78 Å². The average molecular weight is 388 g/mol. The zero-order valence-electron chi connectivity index (χ0n) is 16.2. The molecule has 2 aromatic heterocycles. The molecule has 0 saturated carbocycles. The van der Waals surface area contributed by atoms with Gasteiger partial charge in [0.1, 0.15) is 0 Å². The van der Waals surface area contributed by atoms with Gasteiger partial charge >= 0.3 is 6.03 Å².